The van der Waals surface area contributed by atoms with Crippen molar-refractivity contribution in [1.29, 1.82) is 0 Å². The number of halogens is 1. The zero-order chi connectivity index (χ0) is 19.1. The minimum atomic E-state index is -2.06. The number of alkyl halides is 1. The van der Waals surface area contributed by atoms with Gasteiger partial charge in [0.05, 0.1) is 17.9 Å². The van der Waals surface area contributed by atoms with Crippen molar-refractivity contribution in [2.45, 2.75) is 58.0 Å². The largest absolute Gasteiger partial charge is 0.452 e. The van der Waals surface area contributed by atoms with Gasteiger partial charge in [-0.1, -0.05) is 0 Å². The van der Waals surface area contributed by atoms with Crippen molar-refractivity contribution >= 4 is 17.9 Å². The highest BCUT2D eigenvalue weighted by atomic mass is 19.1. The fraction of sp³-hybridized carbons (Fsp3) is 0.450. The highest BCUT2D eigenvalue weighted by Crippen LogP contribution is 2.44. The molecule has 2 atom stereocenters. The van der Waals surface area contributed by atoms with Crippen LogP contribution in [-0.2, 0) is 16.0 Å². The predicted octanol–water partition coefficient (Wildman–Crippen LogP) is 3.45. The molecule has 0 saturated heterocycles. The zero-order valence-corrected chi connectivity index (χ0v) is 15.4. The predicted molar refractivity (Wildman–Crippen MR) is 98.5 cm³/mol. The van der Waals surface area contributed by atoms with Crippen LogP contribution in [0.2, 0.25) is 0 Å². The van der Waals surface area contributed by atoms with Gasteiger partial charge in [0.15, 0.2) is 6.29 Å². The maximum absolute atomic E-state index is 13.9. The van der Waals surface area contributed by atoms with Gasteiger partial charge in [0.1, 0.15) is 5.75 Å². The number of rotatable bonds is 5. The van der Waals surface area contributed by atoms with E-state index in [4.69, 9.17) is 4.74 Å². The Hall–Kier alpha value is -2.70. The number of hydrogen-bond donors (Lipinski definition) is 0. The number of hydrogen-bond acceptors (Lipinski definition) is 4. The number of aldehydes is 1. The molecule has 0 radical (unpaired) electrons. The van der Waals surface area contributed by atoms with Gasteiger partial charge in [-0.05, 0) is 44.7 Å². The van der Waals surface area contributed by atoms with E-state index >= 15 is 0 Å². The number of aromatic nitrogens is 2. The minimum absolute atomic E-state index is 0.0542. The summed E-state index contributed by atoms with van der Waals surface area (Å²) < 4.78 is 21.2. The molecule has 6 nitrogen and oxygen atoms in total. The lowest BCUT2D eigenvalue weighted by Gasteiger charge is -2.36. The molecule has 1 amide bonds. The van der Waals surface area contributed by atoms with Crippen LogP contribution in [0.4, 0.5) is 10.1 Å². The first-order valence-corrected chi connectivity index (χ1v) is 9.25. The summed E-state index contributed by atoms with van der Waals surface area (Å²) in [6.45, 7) is 3.50. The minimum Gasteiger partial charge on any atom is -0.452 e. The third-order valence-corrected chi connectivity index (χ3v) is 5.26. The van der Waals surface area contributed by atoms with Gasteiger partial charge < -0.3 is 9.64 Å². The molecule has 27 heavy (non-hydrogen) atoms. The molecule has 1 aromatic heterocycles. The van der Waals surface area contributed by atoms with Crippen LogP contribution in [0, 0.1) is 0 Å². The van der Waals surface area contributed by atoms with Crippen LogP contribution >= 0.6 is 0 Å². The average Bonchev–Trinajstić information content (AvgIpc) is 3.38. The van der Waals surface area contributed by atoms with Crippen molar-refractivity contribution < 1.29 is 18.7 Å². The van der Waals surface area contributed by atoms with E-state index < -0.39 is 6.36 Å². The number of nitrogens with zero attached hydrogens (tertiary/aromatic N) is 3. The summed E-state index contributed by atoms with van der Waals surface area (Å²) in [6.07, 6.45) is 5.33. The van der Waals surface area contributed by atoms with E-state index in [-0.39, 0.29) is 18.2 Å². The highest BCUT2D eigenvalue weighted by molar-refractivity contribution is 5.95. The summed E-state index contributed by atoms with van der Waals surface area (Å²) >= 11 is 0. The lowest BCUT2D eigenvalue weighted by Crippen LogP contribution is -2.41. The van der Waals surface area contributed by atoms with Crippen molar-refractivity contribution in [3.05, 3.63) is 30.1 Å². The first kappa shape index (κ1) is 17.7. The highest BCUT2D eigenvalue weighted by Gasteiger charge is 2.31. The molecule has 4 rings (SSSR count). The molecule has 7 heteroatoms. The van der Waals surface area contributed by atoms with E-state index in [9.17, 15) is 14.0 Å². The Morgan fingerprint density at radius 1 is 1.37 bits per heavy atom. The molecule has 0 spiro atoms. The number of ether oxygens (including phenoxy) is 1. The van der Waals surface area contributed by atoms with Gasteiger partial charge in [0.25, 0.3) is 6.36 Å². The molecule has 2 heterocycles. The van der Waals surface area contributed by atoms with Crippen LogP contribution < -0.4 is 9.64 Å². The fourth-order valence-corrected chi connectivity index (χ4v) is 3.80. The summed E-state index contributed by atoms with van der Waals surface area (Å²) in [5.74, 6) is 0.247. The molecule has 0 N–H and O–H groups in total. The third-order valence-electron chi connectivity index (χ3n) is 5.26. The number of anilines is 1. The molecule has 1 aromatic carbocycles. The molecule has 2 aliphatic rings. The van der Waals surface area contributed by atoms with Crippen molar-refractivity contribution in [3.8, 4) is 16.9 Å². The summed E-state index contributed by atoms with van der Waals surface area (Å²) in [5, 5.41) is 4.40. The second kappa shape index (κ2) is 6.79. The van der Waals surface area contributed by atoms with Crippen LogP contribution in [0.5, 0.6) is 5.75 Å². The lowest BCUT2D eigenvalue weighted by atomic mass is 9.92. The number of carbonyl (C=O) groups is 2. The van der Waals surface area contributed by atoms with E-state index in [0.29, 0.717) is 29.5 Å². The SMILES string of the molecule is CC(=O)N1c2ccc(-c3cnn(C4CC4)c3)c(O[C@H](F)C=O)c2CC[C@@H]1C. The van der Waals surface area contributed by atoms with Gasteiger partial charge in [-0.3, -0.25) is 14.3 Å². The molecule has 142 valence electrons. The lowest BCUT2D eigenvalue weighted by molar-refractivity contribution is -0.120. The second-order valence-corrected chi connectivity index (χ2v) is 7.26. The second-order valence-electron chi connectivity index (χ2n) is 7.26. The molecule has 1 aliphatic heterocycles. The van der Waals surface area contributed by atoms with Gasteiger partial charge in [-0.2, -0.15) is 9.49 Å². The van der Waals surface area contributed by atoms with E-state index in [1.165, 1.54) is 6.92 Å². The average molecular weight is 371 g/mol. The number of amides is 1. The topological polar surface area (TPSA) is 64.4 Å². The Kier molecular flexibility index (Phi) is 4.45. The van der Waals surface area contributed by atoms with Gasteiger partial charge >= 0.3 is 0 Å². The Bertz CT molecular complexity index is 891. The van der Waals surface area contributed by atoms with Crippen molar-refractivity contribution in [3.63, 3.8) is 0 Å². The van der Waals surface area contributed by atoms with E-state index in [1.807, 2.05) is 29.9 Å². The molecule has 1 saturated carbocycles. The third kappa shape index (κ3) is 3.22. The van der Waals surface area contributed by atoms with Crippen LogP contribution in [-0.4, -0.2) is 34.4 Å². The van der Waals surface area contributed by atoms with Gasteiger partial charge in [-0.15, -0.1) is 0 Å². The van der Waals surface area contributed by atoms with Crippen LogP contribution in [0.1, 0.15) is 44.7 Å². The van der Waals surface area contributed by atoms with E-state index in [0.717, 1.165) is 30.4 Å². The zero-order valence-electron chi connectivity index (χ0n) is 15.4. The number of benzene rings is 1. The fourth-order valence-electron chi connectivity index (χ4n) is 3.80. The Morgan fingerprint density at radius 3 is 2.81 bits per heavy atom. The van der Waals surface area contributed by atoms with E-state index in [1.54, 1.807) is 11.1 Å². The number of carbonyl (C=O) groups excluding carboxylic acids is 2. The van der Waals surface area contributed by atoms with Crippen LogP contribution in [0.15, 0.2) is 24.5 Å². The van der Waals surface area contributed by atoms with Gasteiger partial charge in [0, 0.05) is 35.9 Å². The Labute approximate surface area is 156 Å². The maximum Gasteiger partial charge on any atom is 0.293 e. The molecule has 2 aromatic rings. The Morgan fingerprint density at radius 2 is 2.15 bits per heavy atom. The van der Waals surface area contributed by atoms with Crippen LogP contribution in [0.3, 0.4) is 0 Å². The van der Waals surface area contributed by atoms with Crippen molar-refractivity contribution in [2.75, 3.05) is 4.90 Å². The maximum atomic E-state index is 13.9. The standard InChI is InChI=1S/C20H22FN3O3/c1-12-3-6-17-18(24(12)13(2)26)8-7-16(20(17)27-19(21)11-25)14-9-22-23(10-14)15-4-5-15/h7-12,15,19H,3-6H2,1-2H3/t12-,19-/m0/s1. The van der Waals surface area contributed by atoms with Crippen LogP contribution in [0.25, 0.3) is 11.1 Å². The van der Waals surface area contributed by atoms with Gasteiger partial charge in [0.2, 0.25) is 5.91 Å². The number of fused-ring (bicyclic) bond motifs is 1. The van der Waals surface area contributed by atoms with Gasteiger partial charge in [-0.25, -0.2) is 0 Å². The van der Waals surface area contributed by atoms with Crippen molar-refractivity contribution in [2.24, 2.45) is 0 Å². The summed E-state index contributed by atoms with van der Waals surface area (Å²) in [6, 6.07) is 4.17. The monoisotopic (exact) mass is 371 g/mol. The Balaban J connectivity index is 1.83. The summed E-state index contributed by atoms with van der Waals surface area (Å²) in [5.41, 5.74) is 2.96. The summed E-state index contributed by atoms with van der Waals surface area (Å²) in [4.78, 5) is 24.7. The summed E-state index contributed by atoms with van der Waals surface area (Å²) in [7, 11) is 0. The molecule has 0 bridgehead atoms. The van der Waals surface area contributed by atoms with Crippen molar-refractivity contribution in [1.82, 2.24) is 9.78 Å². The molecular weight excluding hydrogens is 349 g/mol. The quantitative estimate of drug-likeness (QED) is 0.755. The molecule has 1 aliphatic carbocycles. The molecular formula is C20H22FN3O3. The normalized spacial score (nSPS) is 20.1. The first-order chi connectivity index (χ1) is 13.0. The smallest absolute Gasteiger partial charge is 0.293 e. The molecule has 0 unspecified atom stereocenters. The van der Waals surface area contributed by atoms with E-state index in [2.05, 4.69) is 5.10 Å². The first-order valence-electron chi connectivity index (χ1n) is 9.25. The molecule has 1 fully saturated rings.